The van der Waals surface area contributed by atoms with Crippen LogP contribution < -0.4 is 19.7 Å². The van der Waals surface area contributed by atoms with Gasteiger partial charge in [-0.25, -0.2) is 0 Å². The number of ketones is 1. The van der Waals surface area contributed by atoms with Crippen LogP contribution in [0.25, 0.3) is 0 Å². The van der Waals surface area contributed by atoms with Gasteiger partial charge in [-0.05, 0) is 42.2 Å². The molecule has 1 aliphatic heterocycles. The number of fused-ring (bicyclic) bond motifs is 1. The fraction of sp³-hybridized carbons (Fsp3) is 0.385. The molecule has 0 bridgehead atoms. The third kappa shape index (κ3) is 3.74. The van der Waals surface area contributed by atoms with Crippen LogP contribution in [0.15, 0.2) is 53.7 Å². The largest absolute Gasteiger partial charge is 0.497 e. The van der Waals surface area contributed by atoms with E-state index in [9.17, 15) is 9.59 Å². The highest BCUT2D eigenvalue weighted by Gasteiger charge is 2.43. The van der Waals surface area contributed by atoms with E-state index in [1.165, 1.54) is 0 Å². The topological polar surface area (TPSA) is 67.9 Å². The Bertz CT molecular complexity index is 1100. The molecule has 1 atom stereocenters. The normalized spacial score (nSPS) is 19.5. The van der Waals surface area contributed by atoms with E-state index in [-0.39, 0.29) is 17.1 Å². The summed E-state index contributed by atoms with van der Waals surface area (Å²) in [6.07, 6.45) is 1.43. The molecule has 1 unspecified atom stereocenters. The Morgan fingerprint density at radius 3 is 2.56 bits per heavy atom. The summed E-state index contributed by atoms with van der Waals surface area (Å²) in [6.45, 7) is 6.04. The van der Waals surface area contributed by atoms with E-state index >= 15 is 0 Å². The molecule has 2 aromatic rings. The summed E-state index contributed by atoms with van der Waals surface area (Å²) in [7, 11) is 3.20. The summed E-state index contributed by atoms with van der Waals surface area (Å²) < 4.78 is 11.2. The average molecular weight is 435 g/mol. The van der Waals surface area contributed by atoms with Gasteiger partial charge in [-0.3, -0.25) is 14.5 Å². The average Bonchev–Trinajstić information content (AvgIpc) is 2.91. The maximum Gasteiger partial charge on any atom is 0.227 e. The third-order valence-corrected chi connectivity index (χ3v) is 6.20. The van der Waals surface area contributed by atoms with Gasteiger partial charge in [0.2, 0.25) is 5.91 Å². The maximum atomic E-state index is 13.6. The number of hydrogen-bond donors (Lipinski definition) is 1. The Balaban J connectivity index is 2.06. The Kier molecular flexibility index (Phi) is 5.71. The first kappa shape index (κ1) is 21.9. The first-order chi connectivity index (χ1) is 15.3. The van der Waals surface area contributed by atoms with Gasteiger partial charge >= 0.3 is 0 Å². The summed E-state index contributed by atoms with van der Waals surface area (Å²) in [6, 6.07) is 12.6. The van der Waals surface area contributed by atoms with Gasteiger partial charge in [-0.15, -0.1) is 0 Å². The van der Waals surface area contributed by atoms with Crippen LogP contribution in [0.5, 0.6) is 11.5 Å². The number of amides is 1. The lowest BCUT2D eigenvalue weighted by atomic mass is 9.73. The molecule has 0 fully saturated rings. The molecule has 0 saturated heterocycles. The lowest BCUT2D eigenvalue weighted by molar-refractivity contribution is -0.119. The first-order valence-electron chi connectivity index (χ1n) is 11.0. The molecule has 0 saturated carbocycles. The minimum atomic E-state index is -0.623. The van der Waals surface area contributed by atoms with E-state index in [0.29, 0.717) is 36.3 Å². The van der Waals surface area contributed by atoms with E-state index < -0.39 is 6.04 Å². The Hall–Kier alpha value is -3.28. The highest BCUT2D eigenvalue weighted by molar-refractivity contribution is 6.06. The second-order valence-corrected chi connectivity index (χ2v) is 9.10. The predicted molar refractivity (Wildman–Crippen MR) is 125 cm³/mol. The zero-order chi connectivity index (χ0) is 23.0. The fourth-order valence-electron chi connectivity index (χ4n) is 4.78. The van der Waals surface area contributed by atoms with E-state index in [1.54, 1.807) is 19.1 Å². The van der Waals surface area contributed by atoms with Crippen LogP contribution in [-0.4, -0.2) is 25.9 Å². The fourth-order valence-corrected chi connectivity index (χ4v) is 4.78. The van der Waals surface area contributed by atoms with Crippen LogP contribution in [0.3, 0.4) is 0 Å². The van der Waals surface area contributed by atoms with Crippen molar-refractivity contribution in [1.29, 1.82) is 0 Å². The van der Waals surface area contributed by atoms with Crippen LogP contribution in [0.1, 0.15) is 51.6 Å². The number of hydrogen-bond acceptors (Lipinski definition) is 5. The van der Waals surface area contributed by atoms with Gasteiger partial charge in [-0.2, -0.15) is 0 Å². The Morgan fingerprint density at radius 1 is 1.12 bits per heavy atom. The zero-order valence-corrected chi connectivity index (χ0v) is 19.3. The Morgan fingerprint density at radius 2 is 1.88 bits per heavy atom. The van der Waals surface area contributed by atoms with Crippen molar-refractivity contribution in [3.63, 3.8) is 0 Å². The summed E-state index contributed by atoms with van der Waals surface area (Å²) >= 11 is 0. The number of carbonyl (C=O) groups is 2. The molecule has 6 nitrogen and oxygen atoms in total. The molecule has 2 aliphatic rings. The summed E-state index contributed by atoms with van der Waals surface area (Å²) in [5, 5.41) is 3.52. The van der Waals surface area contributed by atoms with Crippen molar-refractivity contribution >= 4 is 23.1 Å². The monoisotopic (exact) mass is 434 g/mol. The summed E-state index contributed by atoms with van der Waals surface area (Å²) in [5.74, 6) is 1.22. The number of methoxy groups -OCH3 is 2. The van der Waals surface area contributed by atoms with E-state index in [1.807, 2.05) is 49.4 Å². The number of benzene rings is 2. The van der Waals surface area contributed by atoms with Crippen molar-refractivity contribution in [1.82, 2.24) is 0 Å². The first-order valence-corrected chi connectivity index (χ1v) is 11.0. The Labute approximate surface area is 189 Å². The molecule has 32 heavy (non-hydrogen) atoms. The zero-order valence-electron chi connectivity index (χ0n) is 19.3. The van der Waals surface area contributed by atoms with Crippen molar-refractivity contribution in [2.75, 3.05) is 24.4 Å². The molecule has 168 valence electrons. The van der Waals surface area contributed by atoms with Gasteiger partial charge in [-0.1, -0.05) is 32.9 Å². The molecule has 1 N–H and O–H groups in total. The lowest BCUT2D eigenvalue weighted by Gasteiger charge is -2.37. The van der Waals surface area contributed by atoms with Gasteiger partial charge in [0.15, 0.2) is 5.78 Å². The highest BCUT2D eigenvalue weighted by Crippen LogP contribution is 2.50. The third-order valence-electron chi connectivity index (χ3n) is 6.20. The highest BCUT2D eigenvalue weighted by atomic mass is 16.5. The molecule has 0 radical (unpaired) electrons. The smallest absolute Gasteiger partial charge is 0.227 e. The molecule has 0 spiro atoms. The second-order valence-electron chi connectivity index (χ2n) is 9.10. The van der Waals surface area contributed by atoms with Crippen LogP contribution in [-0.2, 0) is 9.59 Å². The van der Waals surface area contributed by atoms with Crippen LogP contribution in [0, 0.1) is 5.41 Å². The lowest BCUT2D eigenvalue weighted by Crippen LogP contribution is -2.39. The molecular formula is C26H30N2O4. The van der Waals surface area contributed by atoms with Crippen molar-refractivity contribution < 1.29 is 19.1 Å². The molecule has 1 amide bonds. The predicted octanol–water partition coefficient (Wildman–Crippen LogP) is 5.26. The van der Waals surface area contributed by atoms with Crippen molar-refractivity contribution in [2.24, 2.45) is 5.41 Å². The molecular weight excluding hydrogens is 404 g/mol. The maximum absolute atomic E-state index is 13.6. The number of Topliss-reactive ketones (excluding diaryl/α,β-unsaturated/α-hetero) is 1. The summed E-state index contributed by atoms with van der Waals surface area (Å²) in [5.41, 5.74) is 3.60. The van der Waals surface area contributed by atoms with E-state index in [4.69, 9.17) is 9.47 Å². The number of nitrogens with one attached hydrogen (secondary N) is 1. The number of ether oxygens (including phenoxy) is 2. The molecule has 0 aromatic heterocycles. The molecule has 6 heteroatoms. The molecule has 1 heterocycles. The van der Waals surface area contributed by atoms with Crippen LogP contribution in [0.4, 0.5) is 11.4 Å². The van der Waals surface area contributed by atoms with Crippen molar-refractivity contribution in [2.45, 2.75) is 46.1 Å². The van der Waals surface area contributed by atoms with E-state index in [2.05, 4.69) is 19.2 Å². The number of anilines is 2. The minimum absolute atomic E-state index is 0.0420. The van der Waals surface area contributed by atoms with Crippen LogP contribution >= 0.6 is 0 Å². The molecule has 1 aliphatic carbocycles. The van der Waals surface area contributed by atoms with Gasteiger partial charge < -0.3 is 14.8 Å². The van der Waals surface area contributed by atoms with E-state index in [0.717, 1.165) is 22.6 Å². The number of nitrogens with zero attached hydrogens (tertiary/aromatic N) is 1. The summed E-state index contributed by atoms with van der Waals surface area (Å²) in [4.78, 5) is 28.8. The molecule has 2 aromatic carbocycles. The number of para-hydroxylation sites is 2. The van der Waals surface area contributed by atoms with Crippen molar-refractivity contribution in [3.05, 3.63) is 59.3 Å². The number of allylic oxidation sites excluding steroid dienone is 1. The van der Waals surface area contributed by atoms with Gasteiger partial charge in [0.25, 0.3) is 0 Å². The number of carbonyl (C=O) groups excluding carboxylic acids is 2. The van der Waals surface area contributed by atoms with Crippen LogP contribution in [0.2, 0.25) is 0 Å². The molecule has 4 rings (SSSR count). The quantitative estimate of drug-likeness (QED) is 0.711. The number of rotatable bonds is 4. The van der Waals surface area contributed by atoms with Gasteiger partial charge in [0.1, 0.15) is 11.5 Å². The SMILES string of the molecule is CCC(=O)N1c2ccccc2NC2=C(C(=O)CC(C)(C)C2)C1c1cc(OC)ccc1OC. The van der Waals surface area contributed by atoms with Gasteiger partial charge in [0, 0.05) is 29.7 Å². The van der Waals surface area contributed by atoms with Gasteiger partial charge in [0.05, 0.1) is 31.6 Å². The second kappa shape index (κ2) is 8.34. The minimum Gasteiger partial charge on any atom is -0.497 e. The standard InChI is InChI=1S/C26H30N2O4/c1-6-23(30)28-20-10-8-7-9-18(20)27-19-14-26(2,3)15-21(29)24(19)25(28)17-13-16(31-4)11-12-22(17)32-5/h7-13,25,27H,6,14-15H2,1-5H3. The van der Waals surface area contributed by atoms with Crippen molar-refractivity contribution in [3.8, 4) is 11.5 Å².